The quantitative estimate of drug-likeness (QED) is 0.621. The number of benzene rings is 1. The molecule has 2 rings (SSSR count). The van der Waals surface area contributed by atoms with Crippen molar-refractivity contribution in [2.24, 2.45) is 4.99 Å². The number of rotatable bonds is 3. The Hall–Kier alpha value is -2.01. The van der Waals surface area contributed by atoms with E-state index in [4.69, 9.17) is 0 Å². The van der Waals surface area contributed by atoms with E-state index in [0.29, 0.717) is 12.3 Å². The van der Waals surface area contributed by atoms with Crippen LogP contribution in [0.3, 0.4) is 0 Å². The number of likely N-dealkylation sites (N-methyl/N-ethyl adjacent to an activating group) is 1. The maximum absolute atomic E-state index is 11.8. The van der Waals surface area contributed by atoms with Crippen LogP contribution in [0.25, 0.3) is 0 Å². The highest BCUT2D eigenvalue weighted by Gasteiger charge is 2.31. The van der Waals surface area contributed by atoms with E-state index in [1.54, 1.807) is 0 Å². The summed E-state index contributed by atoms with van der Waals surface area (Å²) < 4.78 is 0.870. The van der Waals surface area contributed by atoms with E-state index in [-0.39, 0.29) is 5.78 Å². The minimum absolute atomic E-state index is 0.279. The summed E-state index contributed by atoms with van der Waals surface area (Å²) in [5, 5.41) is 9.68. The van der Waals surface area contributed by atoms with Gasteiger partial charge in [-0.3, -0.25) is 10.0 Å². The molecule has 1 aliphatic heterocycles. The van der Waals surface area contributed by atoms with E-state index in [1.165, 1.54) is 6.21 Å². The lowest BCUT2D eigenvalue weighted by Gasteiger charge is -2.15. The molecule has 1 aromatic rings. The first-order valence-corrected chi connectivity index (χ1v) is 5.72. The first-order chi connectivity index (χ1) is 8.58. The third-order valence-corrected chi connectivity index (χ3v) is 2.64. The third-order valence-electron chi connectivity index (χ3n) is 2.64. The molecule has 1 heterocycles. The van der Waals surface area contributed by atoms with Gasteiger partial charge in [-0.1, -0.05) is 30.3 Å². The Kier molecular flexibility index (Phi) is 3.53. The van der Waals surface area contributed by atoms with E-state index >= 15 is 0 Å². The van der Waals surface area contributed by atoms with Crippen LogP contribution in [0.2, 0.25) is 0 Å². The van der Waals surface area contributed by atoms with Crippen molar-refractivity contribution in [3.63, 3.8) is 0 Å². The Labute approximate surface area is 106 Å². The van der Waals surface area contributed by atoms with Crippen LogP contribution < -0.4 is 0 Å². The minimum atomic E-state index is -0.451. The number of ketones is 1. The van der Waals surface area contributed by atoms with Gasteiger partial charge >= 0.3 is 6.17 Å². The molecule has 5 heteroatoms. The molecule has 1 atom stereocenters. The van der Waals surface area contributed by atoms with Crippen LogP contribution >= 0.6 is 0 Å². The largest absolute Gasteiger partial charge is 0.306 e. The van der Waals surface area contributed by atoms with Crippen molar-refractivity contribution in [2.45, 2.75) is 6.17 Å². The predicted molar refractivity (Wildman–Crippen MR) is 68.4 cm³/mol. The molecule has 0 saturated carbocycles. The molecule has 1 unspecified atom stereocenters. The molecule has 0 bridgehead atoms. The fourth-order valence-corrected chi connectivity index (χ4v) is 1.80. The second-order valence-electron chi connectivity index (χ2n) is 4.46. The standard InChI is InChI=1S/C13H16N3O2/c1-15(2)9-12-14-13(11(17)8-16(12)18)10-6-4-3-5-7-10/h3-8,12,18H,9H2,1-2H3/q+1. The third kappa shape index (κ3) is 2.62. The van der Waals surface area contributed by atoms with Crippen LogP contribution in [0.1, 0.15) is 5.56 Å². The maximum atomic E-state index is 11.8. The molecular formula is C13H16N3O2+. The molecule has 94 valence electrons. The van der Waals surface area contributed by atoms with Crippen molar-refractivity contribution in [3.05, 3.63) is 35.9 Å². The van der Waals surface area contributed by atoms with Gasteiger partial charge in [-0.05, 0) is 14.1 Å². The van der Waals surface area contributed by atoms with Gasteiger partial charge in [0.05, 0.1) is 6.54 Å². The van der Waals surface area contributed by atoms with E-state index in [9.17, 15) is 10.0 Å². The van der Waals surface area contributed by atoms with Gasteiger partial charge in [0.15, 0.2) is 0 Å². The second-order valence-corrected chi connectivity index (χ2v) is 4.46. The number of nitrogens with zero attached hydrogens (tertiary/aromatic N) is 3. The lowest BCUT2D eigenvalue weighted by molar-refractivity contribution is -0.794. The first kappa shape index (κ1) is 12.4. The number of hydrogen-bond acceptors (Lipinski definition) is 4. The van der Waals surface area contributed by atoms with Crippen molar-refractivity contribution in [1.29, 1.82) is 0 Å². The lowest BCUT2D eigenvalue weighted by atomic mass is 10.1. The van der Waals surface area contributed by atoms with Crippen LogP contribution in [0.5, 0.6) is 0 Å². The normalized spacial score (nSPS) is 19.7. The Morgan fingerprint density at radius 3 is 2.61 bits per heavy atom. The summed E-state index contributed by atoms with van der Waals surface area (Å²) in [7, 11) is 3.78. The van der Waals surface area contributed by atoms with Crippen LogP contribution in [0, 0.1) is 0 Å². The number of hydroxylamine groups is 1. The highest BCUT2D eigenvalue weighted by Crippen LogP contribution is 2.08. The Balaban J connectivity index is 2.32. The van der Waals surface area contributed by atoms with Gasteiger partial charge in [0.2, 0.25) is 0 Å². The summed E-state index contributed by atoms with van der Waals surface area (Å²) >= 11 is 0. The van der Waals surface area contributed by atoms with Gasteiger partial charge in [0.25, 0.3) is 12.0 Å². The predicted octanol–water partition coefficient (Wildman–Crippen LogP) is 0.419. The summed E-state index contributed by atoms with van der Waals surface area (Å²) in [5.74, 6) is -0.279. The molecule has 5 nitrogen and oxygen atoms in total. The van der Waals surface area contributed by atoms with Crippen molar-refractivity contribution in [1.82, 2.24) is 4.90 Å². The van der Waals surface area contributed by atoms with Crippen LogP contribution in [0.15, 0.2) is 35.3 Å². The molecule has 0 saturated heterocycles. The van der Waals surface area contributed by atoms with Gasteiger partial charge < -0.3 is 4.90 Å². The smallest absolute Gasteiger partial charge is 0.301 e. The lowest BCUT2D eigenvalue weighted by Crippen LogP contribution is -2.41. The molecular weight excluding hydrogens is 230 g/mol. The van der Waals surface area contributed by atoms with Crippen molar-refractivity contribution in [3.8, 4) is 0 Å². The summed E-state index contributed by atoms with van der Waals surface area (Å²) in [5.41, 5.74) is 1.17. The van der Waals surface area contributed by atoms with Crippen molar-refractivity contribution < 1.29 is 14.7 Å². The fraction of sp³-hybridized carbons (Fsp3) is 0.308. The van der Waals surface area contributed by atoms with Gasteiger partial charge in [0.1, 0.15) is 5.71 Å². The van der Waals surface area contributed by atoms with Gasteiger partial charge in [-0.25, -0.2) is 4.99 Å². The Bertz CT molecular complexity index is 506. The molecule has 0 fully saturated rings. The van der Waals surface area contributed by atoms with Gasteiger partial charge in [0, 0.05) is 10.3 Å². The molecule has 0 aromatic heterocycles. The molecule has 1 aromatic carbocycles. The zero-order valence-electron chi connectivity index (χ0n) is 10.4. The zero-order chi connectivity index (χ0) is 13.1. The number of carbonyl (C=O) groups excluding carboxylic acids is 1. The average molecular weight is 246 g/mol. The number of hydrogen-bond donors (Lipinski definition) is 1. The van der Waals surface area contributed by atoms with Crippen LogP contribution in [-0.4, -0.2) is 59.4 Å². The van der Waals surface area contributed by atoms with Crippen molar-refractivity contribution >= 4 is 17.7 Å². The number of aliphatic imine (C=N–C) groups is 1. The summed E-state index contributed by atoms with van der Waals surface area (Å²) in [6.07, 6.45) is 0.733. The molecule has 0 spiro atoms. The fourth-order valence-electron chi connectivity index (χ4n) is 1.80. The molecule has 1 aliphatic rings. The Morgan fingerprint density at radius 1 is 1.33 bits per heavy atom. The highest BCUT2D eigenvalue weighted by molar-refractivity contribution is 6.63. The Morgan fingerprint density at radius 2 is 2.00 bits per heavy atom. The second kappa shape index (κ2) is 5.10. The zero-order valence-corrected chi connectivity index (χ0v) is 10.4. The van der Waals surface area contributed by atoms with E-state index in [1.807, 2.05) is 49.3 Å². The maximum Gasteiger partial charge on any atom is 0.306 e. The monoisotopic (exact) mass is 246 g/mol. The summed E-state index contributed by atoms with van der Waals surface area (Å²) in [6, 6.07) is 9.28. The summed E-state index contributed by atoms with van der Waals surface area (Å²) in [4.78, 5) is 18.1. The van der Waals surface area contributed by atoms with Gasteiger partial charge in [-0.2, -0.15) is 0 Å². The first-order valence-electron chi connectivity index (χ1n) is 5.72. The van der Waals surface area contributed by atoms with Crippen molar-refractivity contribution in [2.75, 3.05) is 20.6 Å². The van der Waals surface area contributed by atoms with E-state index < -0.39 is 6.17 Å². The highest BCUT2D eigenvalue weighted by atomic mass is 16.5. The SMILES string of the molecule is CN(C)CC1N=C(c2ccccc2)C(=O)C=[N+]1O. The molecule has 1 N–H and O–H groups in total. The molecule has 0 aliphatic carbocycles. The number of carbonyl (C=O) groups is 1. The number of Topliss-reactive ketones (excluding diaryl/α,β-unsaturated/α-hetero) is 1. The molecule has 0 amide bonds. The minimum Gasteiger partial charge on any atom is -0.301 e. The summed E-state index contributed by atoms with van der Waals surface area (Å²) in [6.45, 7) is 0.538. The average Bonchev–Trinajstić information content (AvgIpc) is 2.33. The molecule has 0 radical (unpaired) electrons. The molecule has 18 heavy (non-hydrogen) atoms. The van der Waals surface area contributed by atoms with Gasteiger partial charge in [-0.15, -0.1) is 0 Å². The van der Waals surface area contributed by atoms with Crippen LogP contribution in [-0.2, 0) is 4.79 Å². The van der Waals surface area contributed by atoms with Crippen LogP contribution in [0.4, 0.5) is 0 Å². The van der Waals surface area contributed by atoms with E-state index in [0.717, 1.165) is 10.3 Å². The van der Waals surface area contributed by atoms with E-state index in [2.05, 4.69) is 4.99 Å². The topological polar surface area (TPSA) is 55.9 Å².